The number of aryl methyl sites for hydroxylation is 2. The molecule has 9 nitrogen and oxygen atoms in total. The Labute approximate surface area is 206 Å². The number of fused-ring (bicyclic) bond motifs is 1. The average molecular weight is 473 g/mol. The van der Waals surface area contributed by atoms with E-state index in [2.05, 4.69) is 53.6 Å². The normalized spacial score (nSPS) is 16.9. The number of aliphatic hydroxyl groups excluding tert-OH is 1. The summed E-state index contributed by atoms with van der Waals surface area (Å²) in [4.78, 5) is 9.07. The Morgan fingerprint density at radius 2 is 2.17 bits per heavy atom. The van der Waals surface area contributed by atoms with Gasteiger partial charge in [-0.15, -0.1) is 0 Å². The number of nitrogens with one attached hydrogen (secondary N) is 2. The van der Waals surface area contributed by atoms with Crippen molar-refractivity contribution in [1.29, 1.82) is 5.26 Å². The van der Waals surface area contributed by atoms with Crippen LogP contribution < -0.4 is 10.6 Å². The van der Waals surface area contributed by atoms with Gasteiger partial charge in [0.2, 0.25) is 5.95 Å². The fourth-order valence-electron chi connectivity index (χ4n) is 4.36. The van der Waals surface area contributed by atoms with Gasteiger partial charge in [-0.25, -0.2) is 9.97 Å². The van der Waals surface area contributed by atoms with Crippen LogP contribution in [-0.2, 0) is 16.6 Å². The van der Waals surface area contributed by atoms with Crippen molar-refractivity contribution in [3.8, 4) is 17.3 Å². The van der Waals surface area contributed by atoms with Crippen LogP contribution in [0.2, 0.25) is 0 Å². The molecule has 4 rings (SSSR count). The van der Waals surface area contributed by atoms with Crippen molar-refractivity contribution in [1.82, 2.24) is 19.7 Å². The summed E-state index contributed by atoms with van der Waals surface area (Å²) in [5.74, 6) is 1.10. The molecular formula is C25H32BN7O2. The Kier molecular flexibility index (Phi) is 6.83. The monoisotopic (exact) mass is 473 g/mol. The molecule has 1 aromatic carbocycles. The van der Waals surface area contributed by atoms with Crippen LogP contribution in [0.3, 0.4) is 0 Å². The van der Waals surface area contributed by atoms with E-state index in [1.807, 2.05) is 29.8 Å². The van der Waals surface area contributed by atoms with Crippen molar-refractivity contribution in [2.24, 2.45) is 0 Å². The molecule has 10 heteroatoms. The molecule has 0 aliphatic carbocycles. The fraction of sp³-hybridized carbons (Fsp3) is 0.440. The van der Waals surface area contributed by atoms with Gasteiger partial charge in [-0.05, 0) is 56.3 Å². The van der Waals surface area contributed by atoms with Gasteiger partial charge in [-0.3, -0.25) is 4.68 Å². The highest BCUT2D eigenvalue weighted by Gasteiger charge is 2.36. The molecule has 0 bridgehead atoms. The third kappa shape index (κ3) is 5.16. The second-order valence-corrected chi connectivity index (χ2v) is 9.94. The SMILES string of the molecule is COC(C)(C)CCn1nc(Nc2nccc(-c3cc(C#N)c4c(c3)C(C)(BCO)CN4)n2)cc1C. The molecule has 0 spiro atoms. The minimum Gasteiger partial charge on any atom is -0.405 e. The fourth-order valence-corrected chi connectivity index (χ4v) is 4.36. The minimum absolute atomic E-state index is 0.0837. The first-order valence-corrected chi connectivity index (χ1v) is 11.8. The molecule has 3 aromatic rings. The maximum atomic E-state index is 9.76. The van der Waals surface area contributed by atoms with Crippen LogP contribution in [0.1, 0.15) is 44.0 Å². The summed E-state index contributed by atoms with van der Waals surface area (Å²) in [7, 11) is 2.33. The van der Waals surface area contributed by atoms with E-state index in [1.165, 1.54) is 0 Å². The Bertz CT molecular complexity index is 1270. The summed E-state index contributed by atoms with van der Waals surface area (Å²) in [6, 6.07) is 10.0. The number of aliphatic hydroxyl groups is 1. The number of methoxy groups -OCH3 is 1. The van der Waals surface area contributed by atoms with E-state index in [9.17, 15) is 10.4 Å². The lowest BCUT2D eigenvalue weighted by atomic mass is 9.51. The zero-order valence-electron chi connectivity index (χ0n) is 21.0. The standard InChI is InChI=1S/C25H32BN7O2/c1-16-10-21(32-33(16)9-7-24(2,3)35-5)31-23-28-8-6-20(30-23)17-11-18(13-27)22-19(12-17)25(4,14-29-22)26-15-34/h6,8,10-12,26,29,34H,7,9,14-15H2,1-5H3,(H,28,30,31,32). The number of nitriles is 1. The van der Waals surface area contributed by atoms with Crippen molar-refractivity contribution in [3.05, 3.63) is 47.3 Å². The smallest absolute Gasteiger partial charge is 0.228 e. The molecule has 182 valence electrons. The number of ether oxygens (including phenoxy) is 1. The number of anilines is 3. The Morgan fingerprint density at radius 3 is 2.89 bits per heavy atom. The lowest BCUT2D eigenvalue weighted by Gasteiger charge is -2.22. The first-order chi connectivity index (χ1) is 16.7. The number of hydrogen-bond donors (Lipinski definition) is 3. The van der Waals surface area contributed by atoms with Crippen molar-refractivity contribution in [3.63, 3.8) is 0 Å². The zero-order valence-corrected chi connectivity index (χ0v) is 21.0. The van der Waals surface area contributed by atoms with Gasteiger partial charge in [0, 0.05) is 50.2 Å². The first-order valence-electron chi connectivity index (χ1n) is 11.8. The van der Waals surface area contributed by atoms with Crippen molar-refractivity contribution >= 4 is 24.7 Å². The highest BCUT2D eigenvalue weighted by atomic mass is 16.5. The van der Waals surface area contributed by atoms with Gasteiger partial charge in [-0.2, -0.15) is 10.4 Å². The Hall–Kier alpha value is -3.42. The van der Waals surface area contributed by atoms with E-state index in [1.54, 1.807) is 13.3 Å². The van der Waals surface area contributed by atoms with Crippen molar-refractivity contribution < 1.29 is 9.84 Å². The van der Waals surface area contributed by atoms with E-state index < -0.39 is 0 Å². The van der Waals surface area contributed by atoms with Crippen LogP contribution >= 0.6 is 0 Å². The molecule has 0 amide bonds. The minimum atomic E-state index is -0.248. The topological polar surface area (TPSA) is 121 Å². The molecule has 0 fully saturated rings. The van der Waals surface area contributed by atoms with Gasteiger partial charge in [0.15, 0.2) is 13.1 Å². The maximum absolute atomic E-state index is 9.76. The van der Waals surface area contributed by atoms with E-state index in [0.717, 1.165) is 35.5 Å². The highest BCUT2D eigenvalue weighted by molar-refractivity contribution is 6.40. The number of aromatic nitrogens is 4. The molecule has 0 radical (unpaired) electrons. The van der Waals surface area contributed by atoms with E-state index in [4.69, 9.17) is 9.72 Å². The van der Waals surface area contributed by atoms with Crippen LogP contribution in [0, 0.1) is 18.3 Å². The third-order valence-electron chi connectivity index (χ3n) is 6.88. The summed E-state index contributed by atoms with van der Waals surface area (Å²) in [5, 5.41) is 30.3. The van der Waals surface area contributed by atoms with E-state index in [-0.39, 0.29) is 17.4 Å². The third-order valence-corrected chi connectivity index (χ3v) is 6.88. The van der Waals surface area contributed by atoms with Crippen LogP contribution in [-0.4, -0.2) is 57.9 Å². The molecule has 1 aliphatic heterocycles. The maximum Gasteiger partial charge on any atom is 0.228 e. The Balaban J connectivity index is 1.59. The summed E-state index contributed by atoms with van der Waals surface area (Å²) >= 11 is 0. The van der Waals surface area contributed by atoms with Crippen LogP contribution in [0.15, 0.2) is 30.5 Å². The molecule has 35 heavy (non-hydrogen) atoms. The molecule has 3 N–H and O–H groups in total. The number of hydrogen-bond acceptors (Lipinski definition) is 8. The van der Waals surface area contributed by atoms with Crippen molar-refractivity contribution in [2.45, 2.75) is 51.6 Å². The molecule has 1 atom stereocenters. The summed E-state index contributed by atoms with van der Waals surface area (Å²) < 4.78 is 7.46. The summed E-state index contributed by atoms with van der Waals surface area (Å²) in [6.07, 6.45) is 2.53. The van der Waals surface area contributed by atoms with Gasteiger partial charge in [0.1, 0.15) is 6.07 Å². The summed E-state index contributed by atoms with van der Waals surface area (Å²) in [5.41, 5.74) is 4.80. The van der Waals surface area contributed by atoms with Gasteiger partial charge in [0.25, 0.3) is 0 Å². The quantitative estimate of drug-likeness (QED) is 0.406. The predicted molar refractivity (Wildman–Crippen MR) is 138 cm³/mol. The molecule has 0 saturated carbocycles. The second kappa shape index (κ2) is 9.68. The molecular weight excluding hydrogens is 441 g/mol. The molecule has 1 aliphatic rings. The second-order valence-electron chi connectivity index (χ2n) is 9.94. The number of nitrogens with zero attached hydrogens (tertiary/aromatic N) is 5. The van der Waals surface area contributed by atoms with Gasteiger partial charge >= 0.3 is 0 Å². The van der Waals surface area contributed by atoms with Crippen LogP contribution in [0.5, 0.6) is 0 Å². The van der Waals surface area contributed by atoms with Gasteiger partial charge in [0.05, 0.1) is 22.5 Å². The summed E-state index contributed by atoms with van der Waals surface area (Å²) in [6.45, 7) is 9.74. The van der Waals surface area contributed by atoms with Crippen LogP contribution in [0.25, 0.3) is 11.3 Å². The molecule has 2 aromatic heterocycles. The lowest BCUT2D eigenvalue weighted by molar-refractivity contribution is 0.0112. The first kappa shape index (κ1) is 24.7. The molecule has 0 saturated heterocycles. The Morgan fingerprint density at radius 1 is 1.37 bits per heavy atom. The number of rotatable bonds is 9. The van der Waals surface area contributed by atoms with Crippen molar-refractivity contribution in [2.75, 3.05) is 30.8 Å². The average Bonchev–Trinajstić information content (AvgIpc) is 3.36. The van der Waals surface area contributed by atoms with E-state index >= 15 is 0 Å². The zero-order chi connectivity index (χ0) is 25.2. The van der Waals surface area contributed by atoms with Gasteiger partial charge < -0.3 is 20.5 Å². The van der Waals surface area contributed by atoms with E-state index in [0.29, 0.717) is 36.8 Å². The predicted octanol–water partition coefficient (Wildman–Crippen LogP) is 3.11. The van der Waals surface area contributed by atoms with Crippen LogP contribution in [0.4, 0.5) is 17.5 Å². The van der Waals surface area contributed by atoms with Gasteiger partial charge in [-0.1, -0.05) is 6.92 Å². The highest BCUT2D eigenvalue weighted by Crippen LogP contribution is 2.40. The molecule has 3 heterocycles. The largest absolute Gasteiger partial charge is 0.405 e. The molecule has 1 unspecified atom stereocenters. The lowest BCUT2D eigenvalue weighted by Crippen LogP contribution is -2.34. The number of benzene rings is 1.